The predicted molar refractivity (Wildman–Crippen MR) is 92.7 cm³/mol. The Hall–Kier alpha value is -2.54. The Bertz CT molecular complexity index is 847. The number of hydrogen-bond acceptors (Lipinski definition) is 4. The predicted octanol–water partition coefficient (Wildman–Crippen LogP) is 2.25. The molecular weight excluding hydrogens is 328 g/mol. The average Bonchev–Trinajstić information content (AvgIpc) is 2.55. The van der Waals surface area contributed by atoms with Crippen molar-refractivity contribution in [2.45, 2.75) is 6.42 Å². The van der Waals surface area contributed by atoms with E-state index in [4.69, 9.17) is 4.74 Å². The number of sulfonamides is 1. The summed E-state index contributed by atoms with van der Waals surface area (Å²) in [7, 11) is -3.31. The third-order valence-corrected chi connectivity index (χ3v) is 4.31. The minimum absolute atomic E-state index is 0.117. The van der Waals surface area contributed by atoms with Crippen LogP contribution in [0, 0.1) is 5.92 Å². The Morgan fingerprint density at radius 3 is 2.46 bits per heavy atom. The van der Waals surface area contributed by atoms with Crippen LogP contribution in [0.15, 0.2) is 48.5 Å². The van der Waals surface area contributed by atoms with Crippen LogP contribution < -0.4 is 14.8 Å². The maximum atomic E-state index is 12.4. The number of rotatable bonds is 4. The van der Waals surface area contributed by atoms with E-state index in [2.05, 4.69) is 10.0 Å². The van der Waals surface area contributed by atoms with Crippen molar-refractivity contribution in [1.29, 1.82) is 0 Å². The van der Waals surface area contributed by atoms with Crippen LogP contribution in [0.1, 0.15) is 5.56 Å². The lowest BCUT2D eigenvalue weighted by molar-refractivity contribution is -0.121. The second-order valence-corrected chi connectivity index (χ2v) is 7.51. The zero-order valence-electron chi connectivity index (χ0n) is 13.2. The lowest BCUT2D eigenvalue weighted by atomic mass is 9.96. The van der Waals surface area contributed by atoms with Gasteiger partial charge in [0.2, 0.25) is 15.9 Å². The summed E-state index contributed by atoms with van der Waals surface area (Å²) in [6.45, 7) is 0.344. The van der Waals surface area contributed by atoms with Gasteiger partial charge in [-0.1, -0.05) is 18.2 Å². The fraction of sp³-hybridized carbons (Fsp3) is 0.235. The van der Waals surface area contributed by atoms with E-state index in [-0.39, 0.29) is 11.8 Å². The van der Waals surface area contributed by atoms with Gasteiger partial charge in [-0.3, -0.25) is 9.52 Å². The molecule has 1 aliphatic rings. The number of carbonyl (C=O) groups excluding carboxylic acids is 1. The summed E-state index contributed by atoms with van der Waals surface area (Å²) in [5.74, 6) is 0.458. The maximum Gasteiger partial charge on any atom is 0.231 e. The first-order valence-corrected chi connectivity index (χ1v) is 9.39. The second-order valence-electron chi connectivity index (χ2n) is 5.76. The highest BCUT2D eigenvalue weighted by Crippen LogP contribution is 2.27. The van der Waals surface area contributed by atoms with Gasteiger partial charge < -0.3 is 10.1 Å². The molecule has 126 valence electrons. The fourth-order valence-corrected chi connectivity index (χ4v) is 3.14. The first-order valence-electron chi connectivity index (χ1n) is 7.50. The molecule has 6 nitrogen and oxygen atoms in total. The maximum absolute atomic E-state index is 12.4. The van der Waals surface area contributed by atoms with Crippen molar-refractivity contribution in [1.82, 2.24) is 0 Å². The van der Waals surface area contributed by atoms with E-state index in [1.807, 2.05) is 24.3 Å². The van der Waals surface area contributed by atoms with E-state index in [9.17, 15) is 13.2 Å². The smallest absolute Gasteiger partial charge is 0.231 e. The Kier molecular flexibility index (Phi) is 4.44. The van der Waals surface area contributed by atoms with Gasteiger partial charge in [-0.25, -0.2) is 8.42 Å². The molecule has 24 heavy (non-hydrogen) atoms. The van der Waals surface area contributed by atoms with Gasteiger partial charge in [-0.2, -0.15) is 0 Å². The Morgan fingerprint density at radius 1 is 1.08 bits per heavy atom. The Morgan fingerprint density at radius 2 is 1.75 bits per heavy atom. The zero-order valence-corrected chi connectivity index (χ0v) is 14.0. The summed E-state index contributed by atoms with van der Waals surface area (Å²) < 4.78 is 30.4. The molecule has 0 saturated carbocycles. The zero-order chi connectivity index (χ0) is 17.2. The summed E-state index contributed by atoms with van der Waals surface area (Å²) in [6, 6.07) is 14.2. The first-order chi connectivity index (χ1) is 11.4. The molecule has 0 fully saturated rings. The molecule has 7 heteroatoms. The van der Waals surface area contributed by atoms with E-state index < -0.39 is 10.0 Å². The van der Waals surface area contributed by atoms with Gasteiger partial charge in [0, 0.05) is 11.4 Å². The van der Waals surface area contributed by atoms with Gasteiger partial charge in [0.1, 0.15) is 12.4 Å². The monoisotopic (exact) mass is 346 g/mol. The highest BCUT2D eigenvalue weighted by Gasteiger charge is 2.25. The molecule has 1 atom stereocenters. The van der Waals surface area contributed by atoms with Crippen LogP contribution in [-0.2, 0) is 21.2 Å². The molecule has 0 spiro atoms. The molecule has 1 heterocycles. The third-order valence-electron chi connectivity index (χ3n) is 3.71. The van der Waals surface area contributed by atoms with E-state index >= 15 is 0 Å². The van der Waals surface area contributed by atoms with Crippen molar-refractivity contribution >= 4 is 27.3 Å². The molecule has 1 amide bonds. The normalized spacial score (nSPS) is 16.6. The number of carbonyl (C=O) groups is 1. The van der Waals surface area contributed by atoms with Gasteiger partial charge in [-0.15, -0.1) is 0 Å². The van der Waals surface area contributed by atoms with Crippen molar-refractivity contribution in [3.05, 3.63) is 54.1 Å². The molecule has 0 aliphatic carbocycles. The lowest BCUT2D eigenvalue weighted by Gasteiger charge is -2.24. The summed E-state index contributed by atoms with van der Waals surface area (Å²) in [5, 5.41) is 2.84. The van der Waals surface area contributed by atoms with Gasteiger partial charge in [0.15, 0.2) is 0 Å². The van der Waals surface area contributed by atoms with Crippen LogP contribution in [0.5, 0.6) is 5.75 Å². The molecule has 1 aliphatic heterocycles. The quantitative estimate of drug-likeness (QED) is 0.889. The molecule has 1 unspecified atom stereocenters. The number of anilines is 2. The first kappa shape index (κ1) is 16.3. The summed E-state index contributed by atoms with van der Waals surface area (Å²) in [5.41, 5.74) is 2.08. The molecule has 0 bridgehead atoms. The summed E-state index contributed by atoms with van der Waals surface area (Å²) >= 11 is 0. The molecule has 2 N–H and O–H groups in total. The largest absolute Gasteiger partial charge is 0.492 e. The van der Waals surface area contributed by atoms with Crippen LogP contribution >= 0.6 is 0 Å². The fourth-order valence-electron chi connectivity index (χ4n) is 2.58. The van der Waals surface area contributed by atoms with Crippen LogP contribution in [0.4, 0.5) is 11.4 Å². The number of benzene rings is 2. The van der Waals surface area contributed by atoms with Crippen molar-refractivity contribution in [3.63, 3.8) is 0 Å². The van der Waals surface area contributed by atoms with Crippen molar-refractivity contribution in [2.24, 2.45) is 5.92 Å². The minimum atomic E-state index is -3.31. The third kappa shape index (κ3) is 4.05. The molecule has 0 aromatic heterocycles. The summed E-state index contributed by atoms with van der Waals surface area (Å²) in [4.78, 5) is 12.4. The number of amides is 1. The number of ether oxygens (including phenoxy) is 1. The SMILES string of the molecule is CS(=O)(=O)Nc1ccc(NC(=O)C2COc3ccccc3C2)cc1. The number of hydrogen-bond donors (Lipinski definition) is 2. The minimum Gasteiger partial charge on any atom is -0.492 e. The van der Waals surface area contributed by atoms with Crippen molar-refractivity contribution in [3.8, 4) is 5.75 Å². The number of fused-ring (bicyclic) bond motifs is 1. The van der Waals surface area contributed by atoms with E-state index in [0.717, 1.165) is 17.6 Å². The van der Waals surface area contributed by atoms with Crippen LogP contribution in [0.25, 0.3) is 0 Å². The molecular formula is C17H18N2O4S. The van der Waals surface area contributed by atoms with Crippen molar-refractivity contribution in [2.75, 3.05) is 22.9 Å². The van der Waals surface area contributed by atoms with Crippen LogP contribution in [0.3, 0.4) is 0 Å². The van der Waals surface area contributed by atoms with Gasteiger partial charge in [0.25, 0.3) is 0 Å². The van der Waals surface area contributed by atoms with Gasteiger partial charge >= 0.3 is 0 Å². The Balaban J connectivity index is 1.63. The average molecular weight is 346 g/mol. The highest BCUT2D eigenvalue weighted by atomic mass is 32.2. The number of para-hydroxylation sites is 1. The molecule has 0 radical (unpaired) electrons. The van der Waals surface area contributed by atoms with Gasteiger partial charge in [-0.05, 0) is 42.3 Å². The van der Waals surface area contributed by atoms with E-state index in [0.29, 0.717) is 24.4 Å². The standard InChI is InChI=1S/C17H18N2O4S/c1-24(21,22)19-15-8-6-14(7-9-15)18-17(20)13-10-12-4-2-3-5-16(12)23-11-13/h2-9,13,19H,10-11H2,1H3,(H,18,20). The topological polar surface area (TPSA) is 84.5 Å². The van der Waals surface area contributed by atoms with E-state index in [1.165, 1.54) is 0 Å². The Labute approximate surface area is 140 Å². The van der Waals surface area contributed by atoms with Gasteiger partial charge in [0.05, 0.1) is 12.2 Å². The number of nitrogens with one attached hydrogen (secondary N) is 2. The molecule has 2 aromatic carbocycles. The highest BCUT2D eigenvalue weighted by molar-refractivity contribution is 7.92. The van der Waals surface area contributed by atoms with Crippen molar-refractivity contribution < 1.29 is 17.9 Å². The van der Waals surface area contributed by atoms with Crippen LogP contribution in [-0.4, -0.2) is 27.2 Å². The molecule has 2 aromatic rings. The van der Waals surface area contributed by atoms with Crippen LogP contribution in [0.2, 0.25) is 0 Å². The summed E-state index contributed by atoms with van der Waals surface area (Å²) in [6.07, 6.45) is 1.72. The molecule has 0 saturated heterocycles. The second kappa shape index (κ2) is 6.52. The van der Waals surface area contributed by atoms with E-state index in [1.54, 1.807) is 24.3 Å². The molecule has 3 rings (SSSR count). The lowest BCUT2D eigenvalue weighted by Crippen LogP contribution is -2.32.